The van der Waals surface area contributed by atoms with Crippen LogP contribution in [0.2, 0.25) is 0 Å². The van der Waals surface area contributed by atoms with Gasteiger partial charge >= 0.3 is 5.97 Å². The number of hydrogen-bond acceptors (Lipinski definition) is 4. The lowest BCUT2D eigenvalue weighted by Crippen LogP contribution is -2.25. The highest BCUT2D eigenvalue weighted by molar-refractivity contribution is 5.78. The predicted octanol–water partition coefficient (Wildman–Crippen LogP) is 5.86. The van der Waals surface area contributed by atoms with Gasteiger partial charge in [0, 0.05) is 13.1 Å². The third-order valence-electron chi connectivity index (χ3n) is 5.47. The minimum absolute atomic E-state index is 0.342. The Balaban J connectivity index is 1.96. The Bertz CT molecular complexity index is 1060. The third-order valence-corrected chi connectivity index (χ3v) is 5.47. The monoisotopic (exact) mass is 433 g/mol. The lowest BCUT2D eigenvalue weighted by molar-refractivity contribution is -0.139. The van der Waals surface area contributed by atoms with Crippen LogP contribution in [0.4, 0.5) is 5.69 Å². The molecule has 0 aliphatic rings. The molecule has 1 N–H and O–H groups in total. The van der Waals surface area contributed by atoms with Crippen molar-refractivity contribution in [3.63, 3.8) is 0 Å². The van der Waals surface area contributed by atoms with Gasteiger partial charge < -0.3 is 19.5 Å². The number of rotatable bonds is 10. The summed E-state index contributed by atoms with van der Waals surface area (Å²) in [5.74, 6) is 0.468. The van der Waals surface area contributed by atoms with Crippen LogP contribution in [-0.2, 0) is 11.3 Å². The Morgan fingerprint density at radius 2 is 1.72 bits per heavy atom. The maximum Gasteiger partial charge on any atom is 0.341 e. The molecular formula is C27H31NO4. The van der Waals surface area contributed by atoms with E-state index in [-0.39, 0.29) is 6.61 Å². The summed E-state index contributed by atoms with van der Waals surface area (Å²) in [5.41, 5.74) is 6.70. The number of ether oxygens (including phenoxy) is 2. The van der Waals surface area contributed by atoms with E-state index >= 15 is 0 Å². The lowest BCUT2D eigenvalue weighted by Gasteiger charge is -2.29. The molecular weight excluding hydrogens is 402 g/mol. The molecule has 0 saturated carbocycles. The summed E-state index contributed by atoms with van der Waals surface area (Å²) >= 11 is 0. The molecule has 0 heterocycles. The van der Waals surface area contributed by atoms with Crippen molar-refractivity contribution in [3.05, 3.63) is 77.4 Å². The number of benzene rings is 3. The molecule has 3 aromatic rings. The fourth-order valence-electron chi connectivity index (χ4n) is 4.03. The van der Waals surface area contributed by atoms with Gasteiger partial charge in [-0.05, 0) is 60.2 Å². The van der Waals surface area contributed by atoms with E-state index in [0.717, 1.165) is 35.5 Å². The van der Waals surface area contributed by atoms with Gasteiger partial charge in [0.05, 0.1) is 12.8 Å². The van der Waals surface area contributed by atoms with E-state index in [0.29, 0.717) is 12.3 Å². The average molecular weight is 434 g/mol. The maximum absolute atomic E-state index is 10.8. The Morgan fingerprint density at radius 3 is 2.34 bits per heavy atom. The summed E-state index contributed by atoms with van der Waals surface area (Å²) in [5, 5.41) is 8.86. The van der Waals surface area contributed by atoms with Crippen molar-refractivity contribution >= 4 is 11.7 Å². The summed E-state index contributed by atoms with van der Waals surface area (Å²) in [4.78, 5) is 13.2. The Labute approximate surface area is 190 Å². The first-order valence-electron chi connectivity index (χ1n) is 10.9. The first-order valence-corrected chi connectivity index (χ1v) is 10.9. The van der Waals surface area contributed by atoms with Crippen molar-refractivity contribution in [2.45, 2.75) is 33.7 Å². The van der Waals surface area contributed by atoms with Crippen molar-refractivity contribution in [1.82, 2.24) is 0 Å². The van der Waals surface area contributed by atoms with Gasteiger partial charge in [-0.2, -0.15) is 0 Å². The van der Waals surface area contributed by atoms with Crippen LogP contribution in [0.3, 0.4) is 0 Å². The summed E-state index contributed by atoms with van der Waals surface area (Å²) in [6, 6.07) is 20.5. The van der Waals surface area contributed by atoms with E-state index < -0.39 is 5.97 Å². The van der Waals surface area contributed by atoms with Crippen LogP contribution >= 0.6 is 0 Å². The molecule has 0 unspecified atom stereocenters. The quantitative estimate of drug-likeness (QED) is 0.434. The van der Waals surface area contributed by atoms with Crippen LogP contribution in [0.25, 0.3) is 11.1 Å². The number of anilines is 1. The summed E-state index contributed by atoms with van der Waals surface area (Å²) < 4.78 is 11.1. The Morgan fingerprint density at radius 1 is 1.00 bits per heavy atom. The van der Waals surface area contributed by atoms with E-state index in [4.69, 9.17) is 14.6 Å². The van der Waals surface area contributed by atoms with Crippen LogP contribution < -0.4 is 14.4 Å². The zero-order chi connectivity index (χ0) is 23.1. The molecule has 32 heavy (non-hydrogen) atoms. The molecule has 0 amide bonds. The largest absolute Gasteiger partial charge is 0.495 e. The van der Waals surface area contributed by atoms with E-state index in [1.54, 1.807) is 7.11 Å². The number of carbonyl (C=O) groups is 1. The molecule has 0 atom stereocenters. The van der Waals surface area contributed by atoms with Crippen molar-refractivity contribution in [2.24, 2.45) is 0 Å². The zero-order valence-corrected chi connectivity index (χ0v) is 19.2. The smallest absolute Gasteiger partial charge is 0.341 e. The van der Waals surface area contributed by atoms with Crippen molar-refractivity contribution in [3.8, 4) is 22.6 Å². The molecule has 0 fully saturated rings. The minimum atomic E-state index is -0.983. The molecule has 0 aromatic heterocycles. The molecule has 0 saturated heterocycles. The molecule has 0 aliphatic carbocycles. The van der Waals surface area contributed by atoms with Gasteiger partial charge in [-0.1, -0.05) is 55.5 Å². The molecule has 0 bridgehead atoms. The first kappa shape index (κ1) is 23.2. The van der Waals surface area contributed by atoms with Gasteiger partial charge in [0.25, 0.3) is 0 Å². The van der Waals surface area contributed by atoms with Crippen LogP contribution in [0.1, 0.15) is 30.0 Å². The second-order valence-electron chi connectivity index (χ2n) is 7.86. The highest BCUT2D eigenvalue weighted by Crippen LogP contribution is 2.39. The topological polar surface area (TPSA) is 59.0 Å². The summed E-state index contributed by atoms with van der Waals surface area (Å²) in [6.45, 7) is 7.51. The highest BCUT2D eigenvalue weighted by Gasteiger charge is 2.18. The Hall–Kier alpha value is -3.47. The maximum atomic E-state index is 10.8. The normalized spacial score (nSPS) is 10.6. The molecule has 0 spiro atoms. The highest BCUT2D eigenvalue weighted by atomic mass is 16.5. The fourth-order valence-corrected chi connectivity index (χ4v) is 4.03. The van der Waals surface area contributed by atoms with Crippen LogP contribution in [0.15, 0.2) is 60.7 Å². The van der Waals surface area contributed by atoms with Gasteiger partial charge in [-0.25, -0.2) is 4.79 Å². The lowest BCUT2D eigenvalue weighted by atomic mass is 9.97. The van der Waals surface area contributed by atoms with Crippen LogP contribution in [0.5, 0.6) is 11.5 Å². The predicted molar refractivity (Wildman–Crippen MR) is 129 cm³/mol. The number of hydrogen-bond donors (Lipinski definition) is 1. The minimum Gasteiger partial charge on any atom is -0.495 e. The van der Waals surface area contributed by atoms with Crippen LogP contribution in [0, 0.1) is 13.8 Å². The Kier molecular flexibility index (Phi) is 7.77. The molecule has 3 aromatic carbocycles. The van der Waals surface area contributed by atoms with E-state index in [2.05, 4.69) is 55.1 Å². The van der Waals surface area contributed by atoms with Crippen molar-refractivity contribution in [1.29, 1.82) is 0 Å². The van der Waals surface area contributed by atoms with Gasteiger partial charge in [0.15, 0.2) is 6.61 Å². The van der Waals surface area contributed by atoms with Gasteiger partial charge in [0.1, 0.15) is 11.5 Å². The SMILES string of the molecule is CCCN(Cc1ccc(OCC(=O)O)c(C)c1)c1c(OC)ccc(-c2ccccc2)c1C. The second-order valence-corrected chi connectivity index (χ2v) is 7.86. The van der Waals surface area contributed by atoms with Crippen molar-refractivity contribution in [2.75, 3.05) is 25.2 Å². The number of methoxy groups -OCH3 is 1. The van der Waals surface area contributed by atoms with Crippen LogP contribution in [-0.4, -0.2) is 31.3 Å². The second kappa shape index (κ2) is 10.7. The molecule has 5 heteroatoms. The standard InChI is InChI=1S/C27H31NO4/c1-5-15-28(17-21-11-13-24(19(2)16-21)32-18-26(29)30)27-20(3)23(12-14-25(27)31-4)22-9-7-6-8-10-22/h6-14,16H,5,15,17-18H2,1-4H3,(H,29,30). The third kappa shape index (κ3) is 5.41. The van der Waals surface area contributed by atoms with E-state index in [1.807, 2.05) is 31.2 Å². The number of carboxylic acid groups (broad SMARTS) is 1. The average Bonchev–Trinajstić information content (AvgIpc) is 2.78. The van der Waals surface area contributed by atoms with Gasteiger partial charge in [0.2, 0.25) is 0 Å². The molecule has 5 nitrogen and oxygen atoms in total. The van der Waals surface area contributed by atoms with Crippen molar-refractivity contribution < 1.29 is 19.4 Å². The molecule has 3 rings (SSSR count). The molecule has 0 aliphatic heterocycles. The number of aliphatic carboxylic acids is 1. The zero-order valence-electron chi connectivity index (χ0n) is 19.2. The molecule has 0 radical (unpaired) electrons. The molecule has 168 valence electrons. The fraction of sp³-hybridized carbons (Fsp3) is 0.296. The number of aryl methyl sites for hydroxylation is 1. The van der Waals surface area contributed by atoms with E-state index in [1.165, 1.54) is 16.7 Å². The summed E-state index contributed by atoms with van der Waals surface area (Å²) in [6.07, 6.45) is 0.997. The van der Waals surface area contributed by atoms with E-state index in [9.17, 15) is 4.79 Å². The number of carboxylic acids is 1. The van der Waals surface area contributed by atoms with Gasteiger partial charge in [-0.3, -0.25) is 0 Å². The van der Waals surface area contributed by atoms with Gasteiger partial charge in [-0.15, -0.1) is 0 Å². The first-order chi connectivity index (χ1) is 15.4. The summed E-state index contributed by atoms with van der Waals surface area (Å²) in [7, 11) is 1.71. The number of nitrogens with zero attached hydrogens (tertiary/aromatic N) is 1.